The van der Waals surface area contributed by atoms with Crippen LogP contribution in [0, 0.1) is 57.6 Å². The van der Waals surface area contributed by atoms with Crippen molar-refractivity contribution in [2.75, 3.05) is 14.2 Å². The number of imidazole rings is 2. The topological polar surface area (TPSA) is 221 Å². The van der Waals surface area contributed by atoms with Crippen LogP contribution in [0.2, 0.25) is 0 Å². The molecule has 88 heavy (non-hydrogen) atoms. The van der Waals surface area contributed by atoms with E-state index in [1.54, 1.807) is 38.5 Å². The van der Waals surface area contributed by atoms with Crippen molar-refractivity contribution in [2.45, 2.75) is 76.0 Å². The van der Waals surface area contributed by atoms with E-state index in [9.17, 15) is 28.6 Å². The van der Waals surface area contributed by atoms with Crippen LogP contribution in [-0.2, 0) is 35.5 Å². The van der Waals surface area contributed by atoms with Crippen LogP contribution in [0.4, 0.5) is 26.3 Å². The standard InChI is InChI=1S/2C33H25F3N4O4/c2*1-43-30-10-9-28(30)40-29-13-19(33(41)42)7-8-27(29)38-31(40)14-21-12-25(36)22(15-24(21)35)26-3-2-4-32(39-26)44-17-20-6-5-18(16-37)11-23(20)34/h2*2-8,11-13,15,28,30H,9-10,14,17H2,1H3,(H,41,42)/t2*28-,30+/m00/s1. The van der Waals surface area contributed by atoms with Crippen molar-refractivity contribution in [3.63, 3.8) is 0 Å². The van der Waals surface area contributed by atoms with Crippen LogP contribution in [0.25, 0.3) is 44.6 Å². The van der Waals surface area contributed by atoms with E-state index in [0.717, 1.165) is 62.1 Å². The summed E-state index contributed by atoms with van der Waals surface area (Å²) in [5.74, 6) is -5.03. The van der Waals surface area contributed by atoms with Crippen LogP contribution in [0.3, 0.4) is 0 Å². The van der Waals surface area contributed by atoms with E-state index in [-0.39, 0.29) is 129 Å². The number of pyridine rings is 2. The number of carbonyl (C=O) groups is 2. The summed E-state index contributed by atoms with van der Waals surface area (Å²) in [6.45, 7) is -0.354. The molecule has 2 aliphatic carbocycles. The molecule has 0 saturated heterocycles. The Bertz CT molecular complexity index is 4180. The maximum absolute atomic E-state index is 15.5. The van der Waals surface area contributed by atoms with Crippen molar-refractivity contribution in [2.24, 2.45) is 0 Å². The van der Waals surface area contributed by atoms with Gasteiger partial charge in [0.2, 0.25) is 11.8 Å². The van der Waals surface area contributed by atoms with Gasteiger partial charge in [-0.15, -0.1) is 0 Å². The number of hydrogen-bond donors (Lipinski definition) is 2. The van der Waals surface area contributed by atoms with E-state index in [0.29, 0.717) is 33.7 Å². The molecule has 0 bridgehead atoms. The molecule has 4 atom stereocenters. The number of aromatic nitrogens is 6. The van der Waals surface area contributed by atoms with Crippen LogP contribution in [0.5, 0.6) is 11.8 Å². The maximum atomic E-state index is 15.5. The van der Waals surface area contributed by atoms with Gasteiger partial charge in [0.25, 0.3) is 0 Å². The van der Waals surface area contributed by atoms with Gasteiger partial charge in [-0.3, -0.25) is 0 Å². The highest BCUT2D eigenvalue weighted by Crippen LogP contribution is 2.41. The summed E-state index contributed by atoms with van der Waals surface area (Å²) in [6, 6.07) is 34.2. The minimum absolute atomic E-state index is 0.0419. The van der Waals surface area contributed by atoms with E-state index in [1.807, 2.05) is 21.3 Å². The molecular weight excluding hydrogens is 1150 g/mol. The molecule has 0 unspecified atom stereocenters. The largest absolute Gasteiger partial charge is 0.478 e. The van der Waals surface area contributed by atoms with Gasteiger partial charge in [-0.05, 0) is 134 Å². The molecule has 2 aliphatic rings. The summed E-state index contributed by atoms with van der Waals surface area (Å²) in [4.78, 5) is 41.1. The molecule has 6 aromatic carbocycles. The Morgan fingerprint density at radius 1 is 0.500 bits per heavy atom. The highest BCUT2D eigenvalue weighted by molar-refractivity contribution is 5.93. The first-order chi connectivity index (χ1) is 42.5. The van der Waals surface area contributed by atoms with Crippen LogP contribution in [0.1, 0.15) is 104 Å². The van der Waals surface area contributed by atoms with Crippen molar-refractivity contribution in [3.05, 3.63) is 225 Å². The van der Waals surface area contributed by atoms with Gasteiger partial charge in [0.15, 0.2) is 0 Å². The second-order valence-corrected chi connectivity index (χ2v) is 21.0. The molecule has 0 radical (unpaired) electrons. The van der Waals surface area contributed by atoms with Crippen LogP contribution >= 0.6 is 0 Å². The van der Waals surface area contributed by atoms with Gasteiger partial charge in [-0.2, -0.15) is 10.5 Å². The number of halogens is 6. The van der Waals surface area contributed by atoms with E-state index in [4.69, 9.17) is 29.5 Å². The zero-order valence-electron chi connectivity index (χ0n) is 46.9. The number of carboxylic acids is 2. The fraction of sp³-hybridized carbons (Fsp3) is 0.212. The van der Waals surface area contributed by atoms with Crippen molar-refractivity contribution in [1.82, 2.24) is 29.1 Å². The molecule has 444 valence electrons. The lowest BCUT2D eigenvalue weighted by atomic mass is 9.88. The van der Waals surface area contributed by atoms with E-state index in [2.05, 4.69) is 19.9 Å². The Morgan fingerprint density at radius 2 is 0.909 bits per heavy atom. The lowest BCUT2D eigenvalue weighted by Gasteiger charge is -2.37. The lowest BCUT2D eigenvalue weighted by molar-refractivity contribution is -0.00842. The van der Waals surface area contributed by atoms with Gasteiger partial charge in [-0.1, -0.05) is 24.3 Å². The van der Waals surface area contributed by atoms with Gasteiger partial charge in [-0.25, -0.2) is 55.9 Å². The highest BCUT2D eigenvalue weighted by Gasteiger charge is 2.37. The highest BCUT2D eigenvalue weighted by atomic mass is 19.1. The van der Waals surface area contributed by atoms with Crippen molar-refractivity contribution in [3.8, 4) is 46.4 Å². The Kier molecular flexibility index (Phi) is 17.0. The average Bonchev–Trinajstić information content (AvgIpc) is 1.72. The summed E-state index contributed by atoms with van der Waals surface area (Å²) in [5, 5.41) is 36.9. The summed E-state index contributed by atoms with van der Waals surface area (Å²) >= 11 is 0. The fourth-order valence-corrected chi connectivity index (χ4v) is 10.8. The number of benzene rings is 6. The number of rotatable bonds is 18. The molecule has 2 fully saturated rings. The number of hydrogen-bond acceptors (Lipinski definition) is 12. The van der Waals surface area contributed by atoms with Crippen molar-refractivity contribution < 1.29 is 65.1 Å². The SMILES string of the molecule is CO[C@@H]1CC[C@@H]1n1c(Cc2cc(F)c(-c3cccc(OCc4ccc(C#N)cc4F)n3)cc2F)nc2ccc(C(=O)O)cc21.CO[C@@H]1CC[C@@H]1n1c(Cc2cc(F)c(-c3cccc(OCc4ccc(C#N)cc4F)n3)cc2F)nc2ccc(C(=O)O)cc21. The molecular formula is C66H50F6N8O8. The molecule has 2 N–H and O–H groups in total. The molecule has 4 heterocycles. The smallest absolute Gasteiger partial charge is 0.335 e. The monoisotopic (exact) mass is 1200 g/mol. The third kappa shape index (κ3) is 12.2. The van der Waals surface area contributed by atoms with E-state index in [1.165, 1.54) is 72.8 Å². The molecule has 12 rings (SSSR count). The second kappa shape index (κ2) is 25.3. The molecule has 22 heteroatoms. The molecule has 0 aliphatic heterocycles. The summed E-state index contributed by atoms with van der Waals surface area (Å²) < 4.78 is 117. The van der Waals surface area contributed by atoms with Crippen molar-refractivity contribution in [1.29, 1.82) is 10.5 Å². The first-order valence-electron chi connectivity index (χ1n) is 27.6. The summed E-state index contributed by atoms with van der Waals surface area (Å²) in [7, 11) is 3.21. The van der Waals surface area contributed by atoms with E-state index < -0.39 is 46.8 Å². The molecule has 2 saturated carbocycles. The molecule has 0 spiro atoms. The van der Waals surface area contributed by atoms with Gasteiger partial charge in [0.05, 0.1) is 92.1 Å². The maximum Gasteiger partial charge on any atom is 0.335 e. The van der Waals surface area contributed by atoms with Crippen LogP contribution in [0.15, 0.2) is 133 Å². The van der Waals surface area contributed by atoms with Gasteiger partial charge in [0, 0.05) is 61.4 Å². The zero-order valence-corrected chi connectivity index (χ0v) is 46.9. The predicted molar refractivity (Wildman–Crippen MR) is 307 cm³/mol. The number of carboxylic acid groups (broad SMARTS) is 2. The zero-order chi connectivity index (χ0) is 61.9. The number of ether oxygens (including phenoxy) is 4. The lowest BCUT2D eigenvalue weighted by Crippen LogP contribution is -2.36. The fourth-order valence-electron chi connectivity index (χ4n) is 10.8. The van der Waals surface area contributed by atoms with E-state index >= 15 is 17.6 Å². The quantitative estimate of drug-likeness (QED) is 0.0764. The number of methoxy groups -OCH3 is 2. The molecule has 4 aromatic heterocycles. The minimum Gasteiger partial charge on any atom is -0.478 e. The normalized spacial score (nSPS) is 16.0. The average molecular weight is 1200 g/mol. The number of fused-ring (bicyclic) bond motifs is 2. The second-order valence-electron chi connectivity index (χ2n) is 21.0. The first kappa shape index (κ1) is 59.3. The number of nitrogens with zero attached hydrogens (tertiary/aromatic N) is 8. The Balaban J connectivity index is 0.000000182. The Labute approximate surface area is 498 Å². The van der Waals surface area contributed by atoms with Crippen LogP contribution < -0.4 is 9.47 Å². The number of aromatic carboxylic acids is 2. The van der Waals surface area contributed by atoms with Gasteiger partial charge >= 0.3 is 11.9 Å². The summed E-state index contributed by atoms with van der Waals surface area (Å²) in [6.07, 6.45) is 2.86. The van der Waals surface area contributed by atoms with Crippen LogP contribution in [-0.4, -0.2) is 77.6 Å². The molecule has 10 aromatic rings. The molecule has 0 amide bonds. The Morgan fingerprint density at radius 3 is 1.26 bits per heavy atom. The third-order valence-corrected chi connectivity index (χ3v) is 15.7. The Hall–Kier alpha value is -10.4. The third-order valence-electron chi connectivity index (χ3n) is 15.7. The van der Waals surface area contributed by atoms with Gasteiger partial charge in [0.1, 0.15) is 59.8 Å². The molecule has 16 nitrogen and oxygen atoms in total. The number of nitriles is 2. The van der Waals surface area contributed by atoms with Gasteiger partial charge < -0.3 is 38.3 Å². The predicted octanol–water partition coefficient (Wildman–Crippen LogP) is 13.2. The first-order valence-corrected chi connectivity index (χ1v) is 27.6. The summed E-state index contributed by atoms with van der Waals surface area (Å²) in [5.41, 5.74) is 3.46. The van der Waals surface area contributed by atoms with Crippen molar-refractivity contribution >= 4 is 34.0 Å². The minimum atomic E-state index is -1.08.